The number of aromatic nitrogens is 1. The maximum absolute atomic E-state index is 10.6. The van der Waals surface area contributed by atoms with Gasteiger partial charge in [-0.2, -0.15) is 0 Å². The number of carbonyl (C=O) groups excluding carboxylic acids is 1. The van der Waals surface area contributed by atoms with Crippen LogP contribution >= 0.6 is 11.6 Å². The van der Waals surface area contributed by atoms with Gasteiger partial charge >= 0.3 is 0 Å². The molecule has 2 aromatic rings. The number of carbonyl (C=O) groups is 1. The molecule has 0 amide bonds. The molecule has 0 fully saturated rings. The number of aldehydes is 1. The number of nitrogens with zero attached hydrogens (tertiary/aromatic N) is 1. The second kappa shape index (κ2) is 3.87. The molecule has 0 N–H and O–H groups in total. The van der Waals surface area contributed by atoms with Crippen LogP contribution in [0, 0.1) is 0 Å². The Kier molecular flexibility index (Phi) is 2.56. The summed E-state index contributed by atoms with van der Waals surface area (Å²) in [6.07, 6.45) is 2.15. The highest BCUT2D eigenvalue weighted by Crippen LogP contribution is 2.27. The van der Waals surface area contributed by atoms with Crippen molar-refractivity contribution in [2.45, 2.75) is 0 Å². The Morgan fingerprint density at radius 1 is 1.47 bits per heavy atom. The predicted octanol–water partition coefficient (Wildman–Crippen LogP) is 2.71. The van der Waals surface area contributed by atoms with Crippen LogP contribution in [0.2, 0.25) is 5.02 Å². The molecule has 0 radical (unpaired) electrons. The first-order valence-corrected chi connectivity index (χ1v) is 4.71. The average Bonchev–Trinajstić information content (AvgIpc) is 2.29. The van der Waals surface area contributed by atoms with Gasteiger partial charge in [-0.1, -0.05) is 11.6 Å². The van der Waals surface area contributed by atoms with E-state index in [1.807, 2.05) is 0 Å². The lowest BCUT2D eigenvalue weighted by Gasteiger charge is -2.04. The number of hydrogen-bond donors (Lipinski definition) is 0. The van der Waals surface area contributed by atoms with Gasteiger partial charge in [0.2, 0.25) is 0 Å². The summed E-state index contributed by atoms with van der Waals surface area (Å²) in [7, 11) is 1.59. The quantitative estimate of drug-likeness (QED) is 0.732. The first-order valence-electron chi connectivity index (χ1n) is 4.33. The lowest BCUT2D eigenvalue weighted by atomic mass is 10.1. The molecule has 2 rings (SSSR count). The third-order valence-electron chi connectivity index (χ3n) is 2.16. The largest absolute Gasteiger partial charge is 0.497 e. The zero-order valence-electron chi connectivity index (χ0n) is 8.03. The van der Waals surface area contributed by atoms with Crippen LogP contribution in [0.4, 0.5) is 0 Å². The first-order chi connectivity index (χ1) is 7.26. The van der Waals surface area contributed by atoms with Crippen molar-refractivity contribution >= 4 is 28.8 Å². The molecule has 0 aliphatic heterocycles. The van der Waals surface area contributed by atoms with Crippen LogP contribution < -0.4 is 4.74 Å². The lowest BCUT2D eigenvalue weighted by molar-refractivity contribution is 0.112. The van der Waals surface area contributed by atoms with Gasteiger partial charge in [0.15, 0.2) is 6.29 Å². The van der Waals surface area contributed by atoms with E-state index in [-0.39, 0.29) is 0 Å². The Morgan fingerprint density at radius 2 is 2.27 bits per heavy atom. The molecule has 1 heterocycles. The van der Waals surface area contributed by atoms with Gasteiger partial charge in [0, 0.05) is 17.6 Å². The van der Waals surface area contributed by atoms with Crippen molar-refractivity contribution < 1.29 is 9.53 Å². The van der Waals surface area contributed by atoms with Crippen LogP contribution in [0.5, 0.6) is 5.75 Å². The maximum atomic E-state index is 10.6. The van der Waals surface area contributed by atoms with Crippen molar-refractivity contribution in [3.8, 4) is 5.75 Å². The molecule has 0 spiro atoms. The predicted molar refractivity (Wildman–Crippen MR) is 58.7 cm³/mol. The van der Waals surface area contributed by atoms with Crippen molar-refractivity contribution in [2.24, 2.45) is 0 Å². The normalized spacial score (nSPS) is 10.3. The number of rotatable bonds is 2. The average molecular weight is 222 g/mol. The van der Waals surface area contributed by atoms with Crippen LogP contribution in [0.25, 0.3) is 10.9 Å². The molecule has 0 aliphatic rings. The standard InChI is InChI=1S/C11H8ClNO2/c1-15-8-2-3-9-10(4-8)13-5-7(6-14)11(9)12/h2-6H,1H3. The summed E-state index contributed by atoms with van der Waals surface area (Å²) in [4.78, 5) is 14.8. The summed E-state index contributed by atoms with van der Waals surface area (Å²) in [5.74, 6) is 0.713. The minimum Gasteiger partial charge on any atom is -0.497 e. The zero-order chi connectivity index (χ0) is 10.8. The Morgan fingerprint density at radius 3 is 2.93 bits per heavy atom. The number of benzene rings is 1. The van der Waals surface area contributed by atoms with Gasteiger partial charge in [-0.25, -0.2) is 0 Å². The minimum absolute atomic E-state index is 0.398. The SMILES string of the molecule is COc1ccc2c(Cl)c(C=O)cnc2c1. The molecule has 4 heteroatoms. The molecule has 76 valence electrons. The third-order valence-corrected chi connectivity index (χ3v) is 2.59. The minimum atomic E-state index is 0.398. The van der Waals surface area contributed by atoms with Crippen LogP contribution in [-0.4, -0.2) is 18.4 Å². The molecule has 0 unspecified atom stereocenters. The zero-order valence-corrected chi connectivity index (χ0v) is 8.78. The molecule has 0 saturated heterocycles. The Balaban J connectivity index is 2.73. The van der Waals surface area contributed by atoms with E-state index < -0.39 is 0 Å². The Labute approximate surface area is 91.6 Å². The summed E-state index contributed by atoms with van der Waals surface area (Å²) in [6, 6.07) is 5.34. The van der Waals surface area contributed by atoms with E-state index in [4.69, 9.17) is 16.3 Å². The third kappa shape index (κ3) is 1.66. The van der Waals surface area contributed by atoms with E-state index in [0.29, 0.717) is 28.1 Å². The molecule has 0 atom stereocenters. The highest BCUT2D eigenvalue weighted by atomic mass is 35.5. The molecular weight excluding hydrogens is 214 g/mol. The van der Waals surface area contributed by atoms with Crippen molar-refractivity contribution in [3.63, 3.8) is 0 Å². The fraction of sp³-hybridized carbons (Fsp3) is 0.0909. The number of methoxy groups -OCH3 is 1. The van der Waals surface area contributed by atoms with E-state index in [0.717, 1.165) is 5.39 Å². The fourth-order valence-electron chi connectivity index (χ4n) is 1.36. The van der Waals surface area contributed by atoms with E-state index in [9.17, 15) is 4.79 Å². The highest BCUT2D eigenvalue weighted by Gasteiger charge is 2.06. The number of halogens is 1. The van der Waals surface area contributed by atoms with E-state index >= 15 is 0 Å². The van der Waals surface area contributed by atoms with Crippen LogP contribution in [0.3, 0.4) is 0 Å². The number of hydrogen-bond acceptors (Lipinski definition) is 3. The van der Waals surface area contributed by atoms with Crippen molar-refractivity contribution in [1.82, 2.24) is 4.98 Å². The monoisotopic (exact) mass is 221 g/mol. The lowest BCUT2D eigenvalue weighted by Crippen LogP contribution is -1.89. The van der Waals surface area contributed by atoms with Gasteiger partial charge in [0.25, 0.3) is 0 Å². The van der Waals surface area contributed by atoms with E-state index in [1.54, 1.807) is 25.3 Å². The second-order valence-electron chi connectivity index (χ2n) is 3.03. The number of pyridine rings is 1. The van der Waals surface area contributed by atoms with E-state index in [1.165, 1.54) is 6.20 Å². The van der Waals surface area contributed by atoms with Gasteiger partial charge in [-0.3, -0.25) is 9.78 Å². The van der Waals surface area contributed by atoms with Crippen LogP contribution in [-0.2, 0) is 0 Å². The van der Waals surface area contributed by atoms with Gasteiger partial charge in [0.05, 0.1) is 23.2 Å². The molecule has 0 saturated carbocycles. The molecule has 0 aliphatic carbocycles. The Hall–Kier alpha value is -1.61. The first kappa shape index (κ1) is 9.93. The van der Waals surface area contributed by atoms with E-state index in [2.05, 4.69) is 4.98 Å². The smallest absolute Gasteiger partial charge is 0.153 e. The molecular formula is C11H8ClNO2. The molecule has 3 nitrogen and oxygen atoms in total. The summed E-state index contributed by atoms with van der Waals surface area (Å²) in [5, 5.41) is 1.18. The van der Waals surface area contributed by atoms with Gasteiger partial charge in [0.1, 0.15) is 5.75 Å². The summed E-state index contributed by atoms with van der Waals surface area (Å²) in [6.45, 7) is 0. The maximum Gasteiger partial charge on any atom is 0.153 e. The Bertz CT molecular complexity index is 525. The van der Waals surface area contributed by atoms with Crippen LogP contribution in [0.15, 0.2) is 24.4 Å². The topological polar surface area (TPSA) is 39.2 Å². The summed E-state index contributed by atoms with van der Waals surface area (Å²) < 4.78 is 5.07. The van der Waals surface area contributed by atoms with Gasteiger partial charge in [-0.05, 0) is 12.1 Å². The van der Waals surface area contributed by atoms with Gasteiger partial charge in [-0.15, -0.1) is 0 Å². The number of ether oxygens (including phenoxy) is 1. The summed E-state index contributed by atoms with van der Waals surface area (Å²) >= 11 is 6.03. The fourth-order valence-corrected chi connectivity index (χ4v) is 1.62. The van der Waals surface area contributed by atoms with Crippen LogP contribution in [0.1, 0.15) is 10.4 Å². The molecule has 1 aromatic carbocycles. The highest BCUT2D eigenvalue weighted by molar-refractivity contribution is 6.37. The van der Waals surface area contributed by atoms with Crippen molar-refractivity contribution in [1.29, 1.82) is 0 Å². The molecule has 15 heavy (non-hydrogen) atoms. The summed E-state index contributed by atoms with van der Waals surface area (Å²) in [5.41, 5.74) is 1.11. The van der Waals surface area contributed by atoms with Crippen molar-refractivity contribution in [2.75, 3.05) is 7.11 Å². The molecule has 1 aromatic heterocycles. The van der Waals surface area contributed by atoms with Crippen molar-refractivity contribution in [3.05, 3.63) is 35.0 Å². The van der Waals surface area contributed by atoms with Gasteiger partial charge < -0.3 is 4.74 Å². The second-order valence-corrected chi connectivity index (χ2v) is 3.41. The molecule has 0 bridgehead atoms. The number of fused-ring (bicyclic) bond motifs is 1.